The van der Waals surface area contributed by atoms with E-state index in [4.69, 9.17) is 9.97 Å². The molecular weight excluding hydrogens is 532 g/mol. The average Bonchev–Trinajstić information content (AvgIpc) is 3.10. The smallest absolute Gasteiger partial charge is 0.0979 e. The Morgan fingerprint density at radius 1 is 0.318 bits per heavy atom. The van der Waals surface area contributed by atoms with Crippen molar-refractivity contribution in [3.8, 4) is 33.6 Å². The van der Waals surface area contributed by atoms with Gasteiger partial charge in [0, 0.05) is 11.1 Å². The highest BCUT2D eigenvalue weighted by molar-refractivity contribution is 6.26. The Kier molecular flexibility index (Phi) is 5.54. The summed E-state index contributed by atoms with van der Waals surface area (Å²) in [7, 11) is 0. The number of nitrogens with zero attached hydrogens (tertiary/aromatic N) is 2. The van der Waals surface area contributed by atoms with Crippen molar-refractivity contribution in [2.75, 3.05) is 0 Å². The molecule has 204 valence electrons. The van der Waals surface area contributed by atoms with Gasteiger partial charge in [0.25, 0.3) is 0 Å². The summed E-state index contributed by atoms with van der Waals surface area (Å²) in [6.07, 6.45) is 0. The van der Waals surface area contributed by atoms with Crippen molar-refractivity contribution in [2.24, 2.45) is 0 Å². The van der Waals surface area contributed by atoms with Gasteiger partial charge < -0.3 is 0 Å². The first-order chi connectivity index (χ1) is 21.8. The van der Waals surface area contributed by atoms with Gasteiger partial charge in [-0.25, -0.2) is 9.97 Å². The fourth-order valence-corrected chi connectivity index (χ4v) is 6.75. The van der Waals surface area contributed by atoms with Gasteiger partial charge in [-0.05, 0) is 78.5 Å². The zero-order valence-corrected chi connectivity index (χ0v) is 23.9. The van der Waals surface area contributed by atoms with Gasteiger partial charge in [0.1, 0.15) is 0 Å². The van der Waals surface area contributed by atoms with Crippen LogP contribution in [0.1, 0.15) is 0 Å². The maximum absolute atomic E-state index is 5.36. The molecule has 44 heavy (non-hydrogen) atoms. The van der Waals surface area contributed by atoms with Gasteiger partial charge in [-0.15, -0.1) is 0 Å². The third-order valence-electron chi connectivity index (χ3n) is 8.82. The predicted octanol–water partition coefficient (Wildman–Crippen LogP) is 11.2. The number of benzene rings is 8. The molecular formula is C42H26N2. The van der Waals surface area contributed by atoms with Crippen LogP contribution in [0, 0.1) is 0 Å². The minimum Gasteiger partial charge on any atom is -0.244 e. The van der Waals surface area contributed by atoms with Crippen molar-refractivity contribution in [3.63, 3.8) is 0 Å². The van der Waals surface area contributed by atoms with Crippen LogP contribution in [-0.4, -0.2) is 9.97 Å². The summed E-state index contributed by atoms with van der Waals surface area (Å²) in [5.74, 6) is 0. The Morgan fingerprint density at radius 3 is 1.75 bits per heavy atom. The van der Waals surface area contributed by atoms with Crippen molar-refractivity contribution in [3.05, 3.63) is 158 Å². The third kappa shape index (κ3) is 3.89. The molecule has 2 nitrogen and oxygen atoms in total. The number of hydrogen-bond donors (Lipinski definition) is 0. The van der Waals surface area contributed by atoms with E-state index >= 15 is 0 Å². The largest absolute Gasteiger partial charge is 0.244 e. The second-order valence-corrected chi connectivity index (χ2v) is 11.4. The molecule has 0 amide bonds. The van der Waals surface area contributed by atoms with E-state index in [1.54, 1.807) is 0 Å². The first-order valence-corrected chi connectivity index (χ1v) is 15.0. The van der Waals surface area contributed by atoms with Gasteiger partial charge in [0.2, 0.25) is 0 Å². The maximum Gasteiger partial charge on any atom is 0.0979 e. The number of para-hydroxylation sites is 2. The molecule has 0 aliphatic heterocycles. The molecule has 0 saturated heterocycles. The molecule has 0 aliphatic carbocycles. The summed E-state index contributed by atoms with van der Waals surface area (Å²) in [4.78, 5) is 10.7. The Labute approximate surface area is 254 Å². The standard InChI is InChI=1S/C42H26N2/c1-2-11-27(12-3-1)30-14-10-15-31(25-30)41-42(44-39-20-9-8-19-38(39)43-41)37-26-36-35(33-17-6-7-18-34(33)37)24-23-29-22-21-28-13-4-5-16-32(28)40(29)36/h1-26H. The first kappa shape index (κ1) is 24.7. The first-order valence-electron chi connectivity index (χ1n) is 15.0. The quantitative estimate of drug-likeness (QED) is 0.202. The Morgan fingerprint density at radius 2 is 0.909 bits per heavy atom. The molecule has 0 spiro atoms. The van der Waals surface area contributed by atoms with E-state index in [0.29, 0.717) is 0 Å². The Hall–Kier alpha value is -5.86. The molecule has 0 bridgehead atoms. The van der Waals surface area contributed by atoms with Crippen LogP contribution >= 0.6 is 0 Å². The molecule has 8 aromatic carbocycles. The molecule has 0 N–H and O–H groups in total. The highest BCUT2D eigenvalue weighted by Gasteiger charge is 2.19. The number of hydrogen-bond acceptors (Lipinski definition) is 2. The third-order valence-corrected chi connectivity index (χ3v) is 8.82. The summed E-state index contributed by atoms with van der Waals surface area (Å²) < 4.78 is 0. The lowest BCUT2D eigenvalue weighted by molar-refractivity contribution is 1.30. The minimum atomic E-state index is 0.885. The molecule has 0 saturated carbocycles. The van der Waals surface area contributed by atoms with Crippen LogP contribution in [0.2, 0.25) is 0 Å². The lowest BCUT2D eigenvalue weighted by Gasteiger charge is -2.16. The normalized spacial score (nSPS) is 11.6. The Balaban J connectivity index is 1.41. The monoisotopic (exact) mass is 558 g/mol. The average molecular weight is 559 g/mol. The number of aromatic nitrogens is 2. The summed E-state index contributed by atoms with van der Waals surface area (Å²) in [6, 6.07) is 56.1. The van der Waals surface area contributed by atoms with Gasteiger partial charge >= 0.3 is 0 Å². The lowest BCUT2D eigenvalue weighted by atomic mass is 9.89. The van der Waals surface area contributed by atoms with Crippen molar-refractivity contribution < 1.29 is 0 Å². The fourth-order valence-electron chi connectivity index (χ4n) is 6.75. The summed E-state index contributed by atoms with van der Waals surface area (Å²) >= 11 is 0. The molecule has 0 radical (unpaired) electrons. The summed E-state index contributed by atoms with van der Waals surface area (Å²) in [5, 5.41) is 9.87. The second kappa shape index (κ2) is 9.86. The van der Waals surface area contributed by atoms with E-state index in [0.717, 1.165) is 39.1 Å². The molecule has 9 aromatic rings. The van der Waals surface area contributed by atoms with Crippen LogP contribution in [0.3, 0.4) is 0 Å². The van der Waals surface area contributed by atoms with Crippen molar-refractivity contribution >= 4 is 54.1 Å². The van der Waals surface area contributed by atoms with E-state index in [1.165, 1.54) is 48.7 Å². The van der Waals surface area contributed by atoms with Crippen LogP contribution in [0.5, 0.6) is 0 Å². The number of rotatable bonds is 3. The topological polar surface area (TPSA) is 25.8 Å². The zero-order valence-electron chi connectivity index (χ0n) is 23.9. The molecule has 0 atom stereocenters. The molecule has 0 unspecified atom stereocenters. The van der Waals surface area contributed by atoms with Crippen molar-refractivity contribution in [2.45, 2.75) is 0 Å². The number of fused-ring (bicyclic) bond motifs is 8. The van der Waals surface area contributed by atoms with Gasteiger partial charge in [0.05, 0.1) is 22.4 Å². The lowest BCUT2D eigenvalue weighted by Crippen LogP contribution is -1.97. The zero-order chi connectivity index (χ0) is 29.0. The van der Waals surface area contributed by atoms with E-state index < -0.39 is 0 Å². The van der Waals surface area contributed by atoms with Crippen LogP contribution in [0.25, 0.3) is 87.8 Å². The van der Waals surface area contributed by atoms with Crippen molar-refractivity contribution in [1.82, 2.24) is 9.97 Å². The minimum absolute atomic E-state index is 0.885. The summed E-state index contributed by atoms with van der Waals surface area (Å²) in [5.41, 5.74) is 8.03. The molecule has 0 fully saturated rings. The predicted molar refractivity (Wildman–Crippen MR) is 186 cm³/mol. The molecule has 0 aliphatic rings. The summed E-state index contributed by atoms with van der Waals surface area (Å²) in [6.45, 7) is 0. The van der Waals surface area contributed by atoms with Gasteiger partial charge in [-0.2, -0.15) is 0 Å². The van der Waals surface area contributed by atoms with E-state index in [2.05, 4.69) is 146 Å². The Bertz CT molecular complexity index is 2550. The molecule has 1 heterocycles. The van der Waals surface area contributed by atoms with Crippen LogP contribution in [0.15, 0.2) is 158 Å². The van der Waals surface area contributed by atoms with Gasteiger partial charge in [0.15, 0.2) is 0 Å². The molecule has 9 rings (SSSR count). The van der Waals surface area contributed by atoms with Gasteiger partial charge in [-0.3, -0.25) is 0 Å². The molecule has 2 heteroatoms. The maximum atomic E-state index is 5.36. The van der Waals surface area contributed by atoms with Gasteiger partial charge in [-0.1, -0.05) is 133 Å². The fraction of sp³-hybridized carbons (Fsp3) is 0. The van der Waals surface area contributed by atoms with Crippen LogP contribution in [0.4, 0.5) is 0 Å². The SMILES string of the molecule is c1ccc(-c2cccc(-c3nc4ccccc4nc3-c3cc4c(ccc5ccc6ccccc6c54)c4ccccc34)c2)cc1. The second-order valence-electron chi connectivity index (χ2n) is 11.4. The highest BCUT2D eigenvalue weighted by atomic mass is 14.8. The van der Waals surface area contributed by atoms with E-state index in [9.17, 15) is 0 Å². The molecule has 1 aromatic heterocycles. The van der Waals surface area contributed by atoms with Crippen molar-refractivity contribution in [1.29, 1.82) is 0 Å². The van der Waals surface area contributed by atoms with Crippen LogP contribution in [-0.2, 0) is 0 Å². The highest BCUT2D eigenvalue weighted by Crippen LogP contribution is 2.42. The van der Waals surface area contributed by atoms with E-state index in [1.807, 2.05) is 12.1 Å². The van der Waals surface area contributed by atoms with E-state index in [-0.39, 0.29) is 0 Å². The van der Waals surface area contributed by atoms with Crippen LogP contribution < -0.4 is 0 Å².